The Morgan fingerprint density at radius 1 is 1.26 bits per heavy atom. The Balaban J connectivity index is 1.71. The Bertz CT molecular complexity index is 760. The first-order valence-corrected chi connectivity index (χ1v) is 7.47. The van der Waals surface area contributed by atoms with Gasteiger partial charge in [0.25, 0.3) is 5.91 Å². The maximum Gasteiger partial charge on any atom is 0.251 e. The van der Waals surface area contributed by atoms with Crippen molar-refractivity contribution in [3.05, 3.63) is 52.0 Å². The van der Waals surface area contributed by atoms with Gasteiger partial charge in [-0.1, -0.05) is 17.7 Å². The van der Waals surface area contributed by atoms with E-state index in [1.165, 1.54) is 0 Å². The molecular weight excluding hydrogens is 318 g/mol. The maximum atomic E-state index is 12.4. The van der Waals surface area contributed by atoms with E-state index in [1.807, 2.05) is 25.1 Å². The zero-order valence-electron chi connectivity index (χ0n) is 12.8. The van der Waals surface area contributed by atoms with E-state index in [2.05, 4.69) is 5.32 Å². The second-order valence-corrected chi connectivity index (χ2v) is 5.58. The number of carbonyl (C=O) groups is 1. The summed E-state index contributed by atoms with van der Waals surface area (Å²) in [6, 6.07) is 8.94. The fourth-order valence-corrected chi connectivity index (χ4v) is 2.63. The Morgan fingerprint density at radius 3 is 2.83 bits per heavy atom. The Labute approximate surface area is 139 Å². The van der Waals surface area contributed by atoms with Gasteiger partial charge in [-0.25, -0.2) is 0 Å². The molecule has 6 heteroatoms. The van der Waals surface area contributed by atoms with Crippen molar-refractivity contribution in [3.8, 4) is 17.2 Å². The summed E-state index contributed by atoms with van der Waals surface area (Å²) in [4.78, 5) is 12.4. The highest BCUT2D eigenvalue weighted by atomic mass is 35.5. The van der Waals surface area contributed by atoms with E-state index >= 15 is 0 Å². The van der Waals surface area contributed by atoms with E-state index in [-0.39, 0.29) is 12.7 Å². The van der Waals surface area contributed by atoms with Gasteiger partial charge in [0.05, 0.1) is 12.1 Å². The van der Waals surface area contributed by atoms with Crippen LogP contribution in [0.3, 0.4) is 0 Å². The molecule has 1 heterocycles. The molecule has 2 aromatic rings. The SMILES string of the molecule is COc1cc(C)c(C(=O)NCc2ccc3c(c2)OCO3)cc1Cl. The molecule has 5 nitrogen and oxygen atoms in total. The number of methoxy groups -OCH3 is 1. The van der Waals surface area contributed by atoms with Crippen LogP contribution in [0, 0.1) is 6.92 Å². The maximum absolute atomic E-state index is 12.4. The zero-order chi connectivity index (χ0) is 16.4. The molecule has 2 aromatic carbocycles. The van der Waals surface area contributed by atoms with E-state index in [0.717, 1.165) is 16.9 Å². The monoisotopic (exact) mass is 333 g/mol. The van der Waals surface area contributed by atoms with Gasteiger partial charge < -0.3 is 19.5 Å². The van der Waals surface area contributed by atoms with Crippen LogP contribution in [0.15, 0.2) is 30.3 Å². The molecular formula is C17H16ClNO4. The van der Waals surface area contributed by atoms with Crippen LogP contribution in [-0.2, 0) is 6.54 Å². The first-order chi connectivity index (χ1) is 11.1. The minimum atomic E-state index is -0.190. The van der Waals surface area contributed by atoms with Crippen molar-refractivity contribution in [3.63, 3.8) is 0 Å². The molecule has 3 rings (SSSR count). The lowest BCUT2D eigenvalue weighted by Crippen LogP contribution is -2.23. The number of aryl methyl sites for hydroxylation is 1. The van der Waals surface area contributed by atoms with Gasteiger partial charge in [0.2, 0.25) is 6.79 Å². The van der Waals surface area contributed by atoms with Crippen LogP contribution in [0.1, 0.15) is 21.5 Å². The molecule has 0 spiro atoms. The van der Waals surface area contributed by atoms with Crippen molar-refractivity contribution in [1.29, 1.82) is 0 Å². The van der Waals surface area contributed by atoms with Crippen LogP contribution >= 0.6 is 11.6 Å². The molecule has 1 amide bonds. The number of carbonyl (C=O) groups excluding carboxylic acids is 1. The average Bonchev–Trinajstić information content (AvgIpc) is 3.02. The van der Waals surface area contributed by atoms with Crippen molar-refractivity contribution in [2.24, 2.45) is 0 Å². The van der Waals surface area contributed by atoms with Crippen LogP contribution < -0.4 is 19.5 Å². The van der Waals surface area contributed by atoms with Crippen molar-refractivity contribution in [2.45, 2.75) is 13.5 Å². The molecule has 1 N–H and O–H groups in total. The van der Waals surface area contributed by atoms with Gasteiger partial charge in [0.1, 0.15) is 5.75 Å². The van der Waals surface area contributed by atoms with Gasteiger partial charge in [-0.15, -0.1) is 0 Å². The van der Waals surface area contributed by atoms with Crippen LogP contribution in [0.5, 0.6) is 17.2 Å². The number of rotatable bonds is 4. The first-order valence-electron chi connectivity index (χ1n) is 7.09. The van der Waals surface area contributed by atoms with Gasteiger partial charge in [-0.05, 0) is 42.3 Å². The number of benzene rings is 2. The van der Waals surface area contributed by atoms with Gasteiger partial charge in [-0.3, -0.25) is 4.79 Å². The molecule has 0 saturated carbocycles. The first kappa shape index (κ1) is 15.5. The van der Waals surface area contributed by atoms with Crippen LogP contribution in [0.4, 0.5) is 0 Å². The Morgan fingerprint density at radius 2 is 2.04 bits per heavy atom. The van der Waals surface area contributed by atoms with Gasteiger partial charge in [-0.2, -0.15) is 0 Å². The van der Waals surface area contributed by atoms with E-state index in [9.17, 15) is 4.79 Å². The zero-order valence-corrected chi connectivity index (χ0v) is 13.6. The largest absolute Gasteiger partial charge is 0.495 e. The van der Waals surface area contributed by atoms with Crippen molar-refractivity contribution < 1.29 is 19.0 Å². The number of fused-ring (bicyclic) bond motifs is 1. The molecule has 0 fully saturated rings. The topological polar surface area (TPSA) is 56.8 Å². The van der Waals surface area contributed by atoms with Crippen molar-refractivity contribution in [1.82, 2.24) is 5.32 Å². The minimum Gasteiger partial charge on any atom is -0.495 e. The summed E-state index contributed by atoms with van der Waals surface area (Å²) >= 11 is 6.09. The standard InChI is InChI=1S/C17H16ClNO4/c1-10-5-15(21-2)13(18)7-12(10)17(20)19-8-11-3-4-14-16(6-11)23-9-22-14/h3-7H,8-9H2,1-2H3,(H,19,20). The number of amides is 1. The number of ether oxygens (including phenoxy) is 3. The quantitative estimate of drug-likeness (QED) is 0.932. The fourth-order valence-electron chi connectivity index (χ4n) is 2.38. The molecule has 0 aromatic heterocycles. The minimum absolute atomic E-state index is 0.190. The summed E-state index contributed by atoms with van der Waals surface area (Å²) < 4.78 is 15.7. The average molecular weight is 334 g/mol. The second kappa shape index (κ2) is 6.38. The predicted octanol–water partition coefficient (Wildman–Crippen LogP) is 3.32. The highest BCUT2D eigenvalue weighted by molar-refractivity contribution is 6.32. The summed E-state index contributed by atoms with van der Waals surface area (Å²) in [5.41, 5.74) is 2.26. The normalized spacial score (nSPS) is 12.1. The third kappa shape index (κ3) is 3.19. The number of hydrogen-bond acceptors (Lipinski definition) is 4. The molecule has 0 radical (unpaired) electrons. The van der Waals surface area contributed by atoms with Gasteiger partial charge >= 0.3 is 0 Å². The fraction of sp³-hybridized carbons (Fsp3) is 0.235. The highest BCUT2D eigenvalue weighted by Crippen LogP contribution is 2.32. The lowest BCUT2D eigenvalue weighted by Gasteiger charge is -2.11. The highest BCUT2D eigenvalue weighted by Gasteiger charge is 2.15. The van der Waals surface area contributed by atoms with Crippen LogP contribution in [-0.4, -0.2) is 19.8 Å². The lowest BCUT2D eigenvalue weighted by molar-refractivity contribution is 0.0950. The summed E-state index contributed by atoms with van der Waals surface area (Å²) in [5.74, 6) is 1.78. The molecule has 0 aliphatic carbocycles. The number of halogens is 1. The van der Waals surface area contributed by atoms with Crippen LogP contribution in [0.2, 0.25) is 5.02 Å². The predicted molar refractivity (Wildman–Crippen MR) is 86.5 cm³/mol. The molecule has 23 heavy (non-hydrogen) atoms. The summed E-state index contributed by atoms with van der Waals surface area (Å²) in [6.07, 6.45) is 0. The summed E-state index contributed by atoms with van der Waals surface area (Å²) in [6.45, 7) is 2.46. The lowest BCUT2D eigenvalue weighted by atomic mass is 10.1. The Hall–Kier alpha value is -2.40. The summed E-state index contributed by atoms with van der Waals surface area (Å²) in [5, 5.41) is 3.29. The van der Waals surface area contributed by atoms with E-state index in [1.54, 1.807) is 19.2 Å². The molecule has 120 valence electrons. The molecule has 1 aliphatic heterocycles. The van der Waals surface area contributed by atoms with Crippen molar-refractivity contribution >= 4 is 17.5 Å². The number of hydrogen-bond donors (Lipinski definition) is 1. The van der Waals surface area contributed by atoms with E-state index < -0.39 is 0 Å². The molecule has 0 saturated heterocycles. The third-order valence-electron chi connectivity index (χ3n) is 3.63. The van der Waals surface area contributed by atoms with Gasteiger partial charge in [0, 0.05) is 12.1 Å². The van der Waals surface area contributed by atoms with Gasteiger partial charge in [0.15, 0.2) is 11.5 Å². The number of nitrogens with one attached hydrogen (secondary N) is 1. The van der Waals surface area contributed by atoms with Crippen LogP contribution in [0.25, 0.3) is 0 Å². The third-order valence-corrected chi connectivity index (χ3v) is 3.93. The van der Waals surface area contributed by atoms with E-state index in [0.29, 0.717) is 28.6 Å². The second-order valence-electron chi connectivity index (χ2n) is 5.17. The summed E-state index contributed by atoms with van der Waals surface area (Å²) in [7, 11) is 1.54. The van der Waals surface area contributed by atoms with E-state index in [4.69, 9.17) is 25.8 Å². The molecule has 0 bridgehead atoms. The molecule has 1 aliphatic rings. The smallest absolute Gasteiger partial charge is 0.251 e. The Kier molecular flexibility index (Phi) is 4.30. The molecule has 0 unspecified atom stereocenters. The molecule has 0 atom stereocenters. The van der Waals surface area contributed by atoms with Crippen molar-refractivity contribution in [2.75, 3.05) is 13.9 Å².